The number of hydrogen-bond donors (Lipinski definition) is 5. The first-order valence-corrected chi connectivity index (χ1v) is 25.9. The summed E-state index contributed by atoms with van der Waals surface area (Å²) in [6.45, 7) is 14.3. The Morgan fingerprint density at radius 3 is 1.41 bits per heavy atom. The molecule has 7 aromatic rings. The van der Waals surface area contributed by atoms with Crippen molar-refractivity contribution in [1.29, 1.82) is 0 Å². The summed E-state index contributed by atoms with van der Waals surface area (Å²) in [5.41, 5.74) is 4.85. The summed E-state index contributed by atoms with van der Waals surface area (Å²) >= 11 is 3.44. The molecule has 66 heavy (non-hydrogen) atoms. The van der Waals surface area contributed by atoms with E-state index in [1.165, 1.54) is 23.9 Å². The molecule has 0 spiro atoms. The predicted octanol–water partition coefficient (Wildman–Crippen LogP) is 10.3. The molecule has 5 N–H and O–H groups in total. The molecule has 0 aliphatic heterocycles. The lowest BCUT2D eigenvalue weighted by Crippen LogP contribution is -2.21. The zero-order valence-electron chi connectivity index (χ0n) is 36.5. The van der Waals surface area contributed by atoms with Gasteiger partial charge in [0, 0.05) is 43.3 Å². The van der Waals surface area contributed by atoms with Crippen LogP contribution >= 0.6 is 34.4 Å². The second-order valence-electron chi connectivity index (χ2n) is 14.4. The zero-order valence-corrected chi connectivity index (χ0v) is 40.5. The van der Waals surface area contributed by atoms with E-state index in [4.69, 9.17) is 4.98 Å². The second kappa shape index (κ2) is 20.4. The molecular formula is C41H45N13O7S5. The summed E-state index contributed by atoms with van der Waals surface area (Å²) in [6.07, 6.45) is 0. The van der Waals surface area contributed by atoms with Crippen molar-refractivity contribution in [2.45, 2.75) is 56.5 Å². The number of thiazole rings is 2. The SMILES string of the molecule is CCN(CC)c1ccc(N=Nc2nc3c(S(=O)(=O)O)cc(C)cc3s2)c(Nc2nc(Nc3cc(N(CC)CC)ccc3N=Nc3nc4c(S(=O)(=O)O)cc(C)cc4s3)nc(SCCO)n2)c1. The predicted molar refractivity (Wildman–Crippen MR) is 261 cm³/mol. The van der Waals surface area contributed by atoms with Gasteiger partial charge in [0.2, 0.25) is 22.2 Å². The Morgan fingerprint density at radius 2 is 1.03 bits per heavy atom. The van der Waals surface area contributed by atoms with Crippen LogP contribution in [0.5, 0.6) is 0 Å². The van der Waals surface area contributed by atoms with E-state index in [1.54, 1.807) is 38.1 Å². The van der Waals surface area contributed by atoms with Crippen molar-refractivity contribution in [1.82, 2.24) is 24.9 Å². The first-order valence-electron chi connectivity index (χ1n) is 20.4. The number of nitrogens with zero attached hydrogens (tertiary/aromatic N) is 11. The first-order chi connectivity index (χ1) is 31.5. The molecule has 7 rings (SSSR count). The van der Waals surface area contributed by atoms with Gasteiger partial charge >= 0.3 is 0 Å². The largest absolute Gasteiger partial charge is 0.396 e. The molecule has 0 amide bonds. The molecule has 0 fully saturated rings. The number of azo groups is 2. The number of aryl methyl sites for hydroxylation is 2. The second-order valence-corrected chi connectivity index (χ2v) is 20.3. The van der Waals surface area contributed by atoms with Crippen LogP contribution in [0, 0.1) is 13.8 Å². The smallest absolute Gasteiger partial charge is 0.296 e. The third-order valence-corrected chi connectivity index (χ3v) is 14.2. The van der Waals surface area contributed by atoms with Crippen LogP contribution in [0.3, 0.4) is 0 Å². The topological polar surface area (TPSA) is 273 Å². The van der Waals surface area contributed by atoms with Crippen LogP contribution in [-0.2, 0) is 20.2 Å². The number of anilines is 6. The molecule has 346 valence electrons. The number of nitrogens with one attached hydrogen (secondary N) is 2. The van der Waals surface area contributed by atoms with Gasteiger partial charge in [-0.15, -0.1) is 20.5 Å². The lowest BCUT2D eigenvalue weighted by atomic mass is 10.2. The molecule has 4 aromatic carbocycles. The average molecular weight is 992 g/mol. The van der Waals surface area contributed by atoms with Crippen molar-refractivity contribution in [3.63, 3.8) is 0 Å². The fraction of sp³-hybridized carbons (Fsp3) is 0.293. The van der Waals surface area contributed by atoms with Gasteiger partial charge in [-0.25, -0.2) is 9.97 Å². The average Bonchev–Trinajstić information content (AvgIpc) is 3.88. The molecule has 20 nitrogen and oxygen atoms in total. The lowest BCUT2D eigenvalue weighted by molar-refractivity contribution is 0.322. The molecule has 0 atom stereocenters. The quantitative estimate of drug-likeness (QED) is 0.0286. The highest BCUT2D eigenvalue weighted by Crippen LogP contribution is 2.39. The lowest BCUT2D eigenvalue weighted by Gasteiger charge is -2.22. The summed E-state index contributed by atoms with van der Waals surface area (Å²) in [5.74, 6) is 0.534. The molecule has 0 bridgehead atoms. The summed E-state index contributed by atoms with van der Waals surface area (Å²) < 4.78 is 69.5. The molecule has 3 heterocycles. The summed E-state index contributed by atoms with van der Waals surface area (Å²) in [5, 5.41) is 34.7. The monoisotopic (exact) mass is 991 g/mol. The summed E-state index contributed by atoms with van der Waals surface area (Å²) in [6, 6.07) is 17.3. The summed E-state index contributed by atoms with van der Waals surface area (Å²) in [7, 11) is -9.11. The zero-order chi connectivity index (χ0) is 47.3. The van der Waals surface area contributed by atoms with Crippen LogP contribution < -0.4 is 20.4 Å². The Hall–Kier alpha value is -5.80. The van der Waals surface area contributed by atoms with Crippen LogP contribution in [0.1, 0.15) is 38.8 Å². The standard InChI is InChI=1S/C41H45N13O7S5/c1-7-53(8-2)25-11-13-27(49-51-40-44-35-31(63-40)17-23(5)19-33(35)65(56,57)58)29(21-25)42-37-46-38(48-39(47-37)62-16-15-55)43-30-22-26(54(9-3)10-4)12-14-28(30)50-52-41-45-36-32(64-41)18-24(6)20-34(36)66(59,60)61/h11-14,17-22,55H,7-10,15-16H2,1-6H3,(H,56,57,58)(H,59,60,61)(H2,42,43,46,47,48). The van der Waals surface area contributed by atoms with Crippen molar-refractivity contribution >= 4 is 131 Å². The van der Waals surface area contributed by atoms with Crippen LogP contribution in [0.4, 0.5) is 56.3 Å². The van der Waals surface area contributed by atoms with Gasteiger partial charge in [-0.3, -0.25) is 9.11 Å². The van der Waals surface area contributed by atoms with Gasteiger partial charge in [-0.05, 0) is 113 Å². The van der Waals surface area contributed by atoms with E-state index in [9.17, 15) is 31.0 Å². The van der Waals surface area contributed by atoms with Gasteiger partial charge in [0.15, 0.2) is 5.16 Å². The number of hydrogen-bond acceptors (Lipinski definition) is 21. The van der Waals surface area contributed by atoms with Gasteiger partial charge in [-0.1, -0.05) is 34.4 Å². The molecule has 25 heteroatoms. The highest BCUT2D eigenvalue weighted by molar-refractivity contribution is 7.99. The maximum absolute atomic E-state index is 12.2. The van der Waals surface area contributed by atoms with Crippen molar-refractivity contribution in [2.75, 3.05) is 59.0 Å². The Kier molecular flexibility index (Phi) is 14.9. The number of rotatable bonds is 19. The van der Waals surface area contributed by atoms with E-state index in [0.717, 1.165) is 60.2 Å². The Bertz CT molecular complexity index is 3000. The van der Waals surface area contributed by atoms with E-state index in [0.29, 0.717) is 49.0 Å². The van der Waals surface area contributed by atoms with Crippen LogP contribution in [0.15, 0.2) is 96.1 Å². The highest BCUT2D eigenvalue weighted by atomic mass is 32.2. The fourth-order valence-corrected chi connectivity index (χ4v) is 10.8. The van der Waals surface area contributed by atoms with E-state index >= 15 is 0 Å². The minimum absolute atomic E-state index is 0.0868. The molecular weight excluding hydrogens is 947 g/mol. The minimum atomic E-state index is -4.56. The van der Waals surface area contributed by atoms with Gasteiger partial charge in [0.05, 0.1) is 27.4 Å². The van der Waals surface area contributed by atoms with Crippen LogP contribution in [0.25, 0.3) is 20.4 Å². The molecule has 0 aliphatic rings. The van der Waals surface area contributed by atoms with E-state index in [-0.39, 0.29) is 54.7 Å². The molecule has 0 unspecified atom stereocenters. The number of aromatic nitrogens is 5. The maximum atomic E-state index is 12.2. The first kappa shape index (κ1) is 48.1. The van der Waals surface area contributed by atoms with Gasteiger partial charge in [-0.2, -0.15) is 31.8 Å². The molecule has 0 radical (unpaired) electrons. The maximum Gasteiger partial charge on any atom is 0.296 e. The van der Waals surface area contributed by atoms with E-state index in [2.05, 4.69) is 60.8 Å². The van der Waals surface area contributed by atoms with Gasteiger partial charge in [0.1, 0.15) is 32.2 Å². The van der Waals surface area contributed by atoms with E-state index in [1.807, 2.05) is 52.0 Å². The Morgan fingerprint density at radius 1 is 0.606 bits per heavy atom. The van der Waals surface area contributed by atoms with Gasteiger partial charge in [0.25, 0.3) is 20.2 Å². The fourth-order valence-electron chi connectivity index (χ4n) is 6.81. The Balaban J connectivity index is 1.28. The van der Waals surface area contributed by atoms with Gasteiger partial charge < -0.3 is 25.5 Å². The molecule has 0 saturated heterocycles. The number of fused-ring (bicyclic) bond motifs is 2. The number of aliphatic hydroxyl groups is 1. The van der Waals surface area contributed by atoms with Crippen LogP contribution in [-0.4, -0.2) is 94.5 Å². The third kappa shape index (κ3) is 11.2. The third-order valence-electron chi connectivity index (χ3n) is 9.88. The molecule has 0 aliphatic carbocycles. The number of thioether (sulfide) groups is 1. The van der Waals surface area contributed by atoms with Crippen molar-refractivity contribution in [3.8, 4) is 0 Å². The number of benzene rings is 4. The Labute approximate surface area is 392 Å². The normalized spacial score (nSPS) is 12.3. The number of aliphatic hydroxyl groups excluding tert-OH is 1. The summed E-state index contributed by atoms with van der Waals surface area (Å²) in [4.78, 5) is 26.5. The highest BCUT2D eigenvalue weighted by Gasteiger charge is 2.21. The van der Waals surface area contributed by atoms with Crippen molar-refractivity contribution < 1.29 is 31.0 Å². The van der Waals surface area contributed by atoms with Crippen molar-refractivity contribution in [2.24, 2.45) is 20.5 Å². The van der Waals surface area contributed by atoms with Crippen LogP contribution in [0.2, 0.25) is 0 Å². The van der Waals surface area contributed by atoms with Crippen molar-refractivity contribution in [3.05, 3.63) is 71.8 Å². The van der Waals surface area contributed by atoms with E-state index < -0.39 is 20.2 Å². The molecule has 0 saturated carbocycles. The minimum Gasteiger partial charge on any atom is -0.396 e. The molecule has 3 aromatic heterocycles.